The molecule has 0 atom stereocenters. The normalized spacial score (nSPS) is 16.7. The van der Waals surface area contributed by atoms with E-state index in [2.05, 4.69) is 20.9 Å². The highest BCUT2D eigenvalue weighted by Crippen LogP contribution is 2.28. The number of carbonyl (C=O) groups excluding carboxylic acids is 2. The lowest BCUT2D eigenvalue weighted by molar-refractivity contribution is 0.0928. The summed E-state index contributed by atoms with van der Waals surface area (Å²) in [6.45, 7) is 1.90. The van der Waals surface area contributed by atoms with Crippen molar-refractivity contribution in [3.8, 4) is 0 Å². The second-order valence-corrected chi connectivity index (χ2v) is 8.76. The van der Waals surface area contributed by atoms with Crippen molar-refractivity contribution in [2.45, 2.75) is 51.0 Å². The van der Waals surface area contributed by atoms with Crippen molar-refractivity contribution in [1.82, 2.24) is 5.32 Å². The van der Waals surface area contributed by atoms with Gasteiger partial charge in [0.15, 0.2) is 0 Å². The first kappa shape index (κ1) is 21.5. The summed E-state index contributed by atoms with van der Waals surface area (Å²) in [5, 5.41) is 9.45. The molecule has 0 aromatic heterocycles. The molecule has 3 amide bonds. The van der Waals surface area contributed by atoms with Crippen molar-refractivity contribution < 1.29 is 9.59 Å². The van der Waals surface area contributed by atoms with Gasteiger partial charge in [0.25, 0.3) is 5.91 Å². The van der Waals surface area contributed by atoms with Crippen LogP contribution in [0.2, 0.25) is 5.02 Å². The van der Waals surface area contributed by atoms with Gasteiger partial charge in [0.05, 0.1) is 5.56 Å². The first-order valence-corrected chi connectivity index (χ1v) is 11.5. The van der Waals surface area contributed by atoms with Gasteiger partial charge in [-0.25, -0.2) is 4.79 Å². The highest BCUT2D eigenvalue weighted by atomic mass is 35.5. The van der Waals surface area contributed by atoms with Crippen LogP contribution in [0.3, 0.4) is 0 Å². The fraction of sp³-hybridized carbons (Fsp3) is 0.417. The van der Waals surface area contributed by atoms with E-state index in [9.17, 15) is 9.59 Å². The molecule has 2 aromatic carbocycles. The predicted molar refractivity (Wildman–Crippen MR) is 126 cm³/mol. The number of hydrogen-bond donors (Lipinski definition) is 3. The van der Waals surface area contributed by atoms with Gasteiger partial charge in [-0.05, 0) is 68.1 Å². The largest absolute Gasteiger partial charge is 0.371 e. The Kier molecular flexibility index (Phi) is 6.97. The minimum atomic E-state index is -0.366. The van der Waals surface area contributed by atoms with Crippen LogP contribution in [0.25, 0.3) is 0 Å². The molecule has 7 heteroatoms. The van der Waals surface area contributed by atoms with E-state index in [4.69, 9.17) is 11.6 Å². The van der Waals surface area contributed by atoms with E-state index in [-0.39, 0.29) is 18.0 Å². The first-order chi connectivity index (χ1) is 15.1. The molecular formula is C24H29ClN4O2. The van der Waals surface area contributed by atoms with Crippen LogP contribution in [-0.2, 0) is 0 Å². The summed E-state index contributed by atoms with van der Waals surface area (Å²) in [5.74, 6) is -0.0597. The number of halogens is 1. The molecule has 1 saturated heterocycles. The Morgan fingerprint density at radius 1 is 0.839 bits per heavy atom. The molecule has 164 valence electrons. The standard InChI is InChI=1S/C24H29ClN4O2/c25-17-8-10-19(11-9-17)27-24(31)28-20-12-13-22(29-14-4-5-15-29)21(16-20)23(30)26-18-6-2-1-3-7-18/h8-13,16,18H,1-7,14-15H2,(H,26,30)(H2,27,28,31). The Morgan fingerprint density at radius 3 is 2.19 bits per heavy atom. The van der Waals surface area contributed by atoms with Crippen LogP contribution in [0.15, 0.2) is 42.5 Å². The van der Waals surface area contributed by atoms with E-state index in [0.717, 1.165) is 57.3 Å². The van der Waals surface area contributed by atoms with Gasteiger partial charge < -0.3 is 20.9 Å². The molecule has 1 heterocycles. The molecule has 6 nitrogen and oxygen atoms in total. The van der Waals surface area contributed by atoms with Gasteiger partial charge in [0.1, 0.15) is 0 Å². The van der Waals surface area contributed by atoms with E-state index in [1.54, 1.807) is 30.3 Å². The van der Waals surface area contributed by atoms with Gasteiger partial charge in [-0.15, -0.1) is 0 Å². The van der Waals surface area contributed by atoms with E-state index in [1.165, 1.54) is 6.42 Å². The third kappa shape index (κ3) is 5.70. The van der Waals surface area contributed by atoms with E-state index in [1.807, 2.05) is 12.1 Å². The first-order valence-electron chi connectivity index (χ1n) is 11.1. The van der Waals surface area contributed by atoms with Crippen molar-refractivity contribution in [1.29, 1.82) is 0 Å². The molecule has 0 unspecified atom stereocenters. The summed E-state index contributed by atoms with van der Waals surface area (Å²) in [6, 6.07) is 12.4. The van der Waals surface area contributed by atoms with Crippen molar-refractivity contribution in [3.63, 3.8) is 0 Å². The zero-order valence-corrected chi connectivity index (χ0v) is 18.4. The summed E-state index contributed by atoms with van der Waals surface area (Å²) < 4.78 is 0. The highest BCUT2D eigenvalue weighted by molar-refractivity contribution is 6.30. The molecule has 2 aromatic rings. The summed E-state index contributed by atoms with van der Waals surface area (Å²) >= 11 is 5.89. The molecule has 0 radical (unpaired) electrons. The second kappa shape index (κ2) is 10.1. The maximum Gasteiger partial charge on any atom is 0.323 e. The van der Waals surface area contributed by atoms with Crippen LogP contribution >= 0.6 is 11.6 Å². The van der Waals surface area contributed by atoms with Gasteiger partial charge >= 0.3 is 6.03 Å². The average Bonchev–Trinajstić information content (AvgIpc) is 3.31. The van der Waals surface area contributed by atoms with Crippen LogP contribution in [0.5, 0.6) is 0 Å². The Labute approximate surface area is 188 Å². The molecule has 4 rings (SSSR count). The van der Waals surface area contributed by atoms with E-state index >= 15 is 0 Å². The number of anilines is 3. The summed E-state index contributed by atoms with van der Waals surface area (Å²) in [7, 11) is 0. The lowest BCUT2D eigenvalue weighted by Crippen LogP contribution is -2.37. The highest BCUT2D eigenvalue weighted by Gasteiger charge is 2.23. The molecular weight excluding hydrogens is 412 g/mol. The maximum atomic E-state index is 13.2. The zero-order valence-electron chi connectivity index (χ0n) is 17.6. The van der Waals surface area contributed by atoms with Gasteiger partial charge in [0.2, 0.25) is 0 Å². The summed E-state index contributed by atoms with van der Waals surface area (Å²) in [6.07, 6.45) is 7.90. The number of nitrogens with one attached hydrogen (secondary N) is 3. The van der Waals surface area contributed by atoms with E-state index in [0.29, 0.717) is 22.0 Å². The number of urea groups is 1. The molecule has 31 heavy (non-hydrogen) atoms. The zero-order chi connectivity index (χ0) is 21.6. The number of nitrogens with zero attached hydrogens (tertiary/aromatic N) is 1. The third-order valence-corrected chi connectivity index (χ3v) is 6.24. The van der Waals surface area contributed by atoms with Crippen molar-refractivity contribution >= 4 is 40.6 Å². The topological polar surface area (TPSA) is 73.5 Å². The van der Waals surface area contributed by atoms with Gasteiger partial charge in [-0.2, -0.15) is 0 Å². The minimum absolute atomic E-state index is 0.0597. The lowest BCUT2D eigenvalue weighted by atomic mass is 9.95. The lowest BCUT2D eigenvalue weighted by Gasteiger charge is -2.25. The van der Waals surface area contributed by atoms with Gasteiger partial charge in [-0.1, -0.05) is 30.9 Å². The number of amides is 3. The van der Waals surface area contributed by atoms with Crippen molar-refractivity contribution in [3.05, 3.63) is 53.1 Å². The maximum absolute atomic E-state index is 13.2. The molecule has 1 aliphatic carbocycles. The molecule has 0 spiro atoms. The van der Waals surface area contributed by atoms with Crippen LogP contribution in [0.4, 0.5) is 21.9 Å². The molecule has 2 fully saturated rings. The molecule has 3 N–H and O–H groups in total. The molecule has 0 bridgehead atoms. The van der Waals surface area contributed by atoms with E-state index < -0.39 is 0 Å². The van der Waals surface area contributed by atoms with Crippen LogP contribution in [0, 0.1) is 0 Å². The van der Waals surface area contributed by atoms with Crippen molar-refractivity contribution in [2.24, 2.45) is 0 Å². The minimum Gasteiger partial charge on any atom is -0.371 e. The number of rotatable bonds is 5. The Bertz CT molecular complexity index is 920. The number of carbonyl (C=O) groups is 2. The van der Waals surface area contributed by atoms with Crippen molar-refractivity contribution in [2.75, 3.05) is 28.6 Å². The SMILES string of the molecule is O=C(Nc1ccc(Cl)cc1)Nc1ccc(N2CCCC2)c(C(=O)NC2CCCCC2)c1. The second-order valence-electron chi connectivity index (χ2n) is 8.32. The Balaban J connectivity index is 1.50. The average molecular weight is 441 g/mol. The quantitative estimate of drug-likeness (QED) is 0.562. The van der Waals surface area contributed by atoms with Crippen LogP contribution in [-0.4, -0.2) is 31.1 Å². The monoisotopic (exact) mass is 440 g/mol. The Morgan fingerprint density at radius 2 is 1.48 bits per heavy atom. The summed E-state index contributed by atoms with van der Waals surface area (Å²) in [4.78, 5) is 27.9. The molecule has 1 saturated carbocycles. The smallest absolute Gasteiger partial charge is 0.323 e. The molecule has 1 aliphatic heterocycles. The third-order valence-electron chi connectivity index (χ3n) is 5.99. The Hall–Kier alpha value is -2.73. The van der Waals surface area contributed by atoms with Crippen LogP contribution < -0.4 is 20.9 Å². The van der Waals surface area contributed by atoms with Crippen LogP contribution in [0.1, 0.15) is 55.3 Å². The number of hydrogen-bond acceptors (Lipinski definition) is 3. The number of benzene rings is 2. The fourth-order valence-electron chi connectivity index (χ4n) is 4.37. The molecule has 2 aliphatic rings. The fourth-order valence-corrected chi connectivity index (χ4v) is 4.49. The summed E-state index contributed by atoms with van der Waals surface area (Å²) in [5.41, 5.74) is 2.79. The van der Waals surface area contributed by atoms with Gasteiger partial charge in [0, 0.05) is 41.2 Å². The predicted octanol–water partition coefficient (Wildman–Crippen LogP) is 5.65. The van der Waals surface area contributed by atoms with Gasteiger partial charge in [-0.3, -0.25) is 4.79 Å².